The maximum Gasteiger partial charge on any atom is 0.254 e. The summed E-state index contributed by atoms with van der Waals surface area (Å²) in [5.74, 6) is -0.0166. The summed E-state index contributed by atoms with van der Waals surface area (Å²) in [7, 11) is 0. The van der Waals surface area contributed by atoms with Crippen molar-refractivity contribution in [1.29, 1.82) is 0 Å². The second-order valence-corrected chi connectivity index (χ2v) is 6.15. The number of piperazine rings is 1. The highest BCUT2D eigenvalue weighted by molar-refractivity contribution is 6.35. The lowest BCUT2D eigenvalue weighted by atomic mass is 10.1. The molecule has 3 nitrogen and oxygen atoms in total. The molecule has 114 valence electrons. The van der Waals surface area contributed by atoms with Crippen LogP contribution in [0.2, 0.25) is 10.0 Å². The van der Waals surface area contributed by atoms with Crippen LogP contribution in [0, 0.1) is 0 Å². The summed E-state index contributed by atoms with van der Waals surface area (Å²) in [6.07, 6.45) is 0. The fourth-order valence-corrected chi connectivity index (χ4v) is 3.19. The molecule has 0 N–H and O–H groups in total. The first-order chi connectivity index (χ1) is 10.6. The lowest BCUT2D eigenvalue weighted by Crippen LogP contribution is -2.48. The maximum absolute atomic E-state index is 12.5. The van der Waals surface area contributed by atoms with Gasteiger partial charge >= 0.3 is 0 Å². The lowest BCUT2D eigenvalue weighted by molar-refractivity contribution is 0.0747. The number of rotatable bonds is 2. The predicted molar refractivity (Wildman–Crippen MR) is 91.0 cm³/mol. The topological polar surface area (TPSA) is 23.6 Å². The largest absolute Gasteiger partial charge is 0.368 e. The van der Waals surface area contributed by atoms with Gasteiger partial charge in [0, 0.05) is 47.5 Å². The molecule has 0 saturated carbocycles. The molecule has 22 heavy (non-hydrogen) atoms. The highest BCUT2D eigenvalue weighted by Crippen LogP contribution is 2.21. The van der Waals surface area contributed by atoms with Gasteiger partial charge in [0.15, 0.2) is 0 Å². The number of nitrogens with zero attached hydrogens (tertiary/aromatic N) is 2. The second-order valence-electron chi connectivity index (χ2n) is 5.27. The third-order valence-corrected chi connectivity index (χ3v) is 4.23. The Morgan fingerprint density at radius 3 is 2.05 bits per heavy atom. The minimum absolute atomic E-state index is 0.0166. The Morgan fingerprint density at radius 1 is 0.864 bits per heavy atom. The monoisotopic (exact) mass is 334 g/mol. The highest BCUT2D eigenvalue weighted by Gasteiger charge is 2.22. The van der Waals surface area contributed by atoms with Crippen LogP contribution in [0.4, 0.5) is 5.69 Å². The molecule has 3 rings (SSSR count). The van der Waals surface area contributed by atoms with Gasteiger partial charge in [-0.3, -0.25) is 4.79 Å². The summed E-state index contributed by atoms with van der Waals surface area (Å²) in [6.45, 7) is 3.03. The summed E-state index contributed by atoms with van der Waals surface area (Å²) < 4.78 is 0. The fraction of sp³-hybridized carbons (Fsp3) is 0.235. The molecule has 1 amide bonds. The van der Waals surface area contributed by atoms with Gasteiger partial charge in [0.25, 0.3) is 5.91 Å². The molecule has 2 aromatic rings. The summed E-state index contributed by atoms with van der Waals surface area (Å²) in [6, 6.07) is 15.2. The molecule has 0 unspecified atom stereocenters. The van der Waals surface area contributed by atoms with Gasteiger partial charge in [-0.2, -0.15) is 0 Å². The van der Waals surface area contributed by atoms with E-state index in [1.165, 1.54) is 5.69 Å². The molecule has 0 atom stereocenters. The lowest BCUT2D eigenvalue weighted by Gasteiger charge is -2.36. The average Bonchev–Trinajstić information content (AvgIpc) is 2.54. The van der Waals surface area contributed by atoms with Crippen LogP contribution in [-0.4, -0.2) is 37.0 Å². The number of amides is 1. The van der Waals surface area contributed by atoms with Gasteiger partial charge in [-0.1, -0.05) is 41.4 Å². The number of benzene rings is 2. The minimum Gasteiger partial charge on any atom is -0.368 e. The van der Waals surface area contributed by atoms with E-state index in [9.17, 15) is 4.79 Å². The third-order valence-electron chi connectivity index (χ3n) is 3.80. The van der Waals surface area contributed by atoms with Crippen molar-refractivity contribution >= 4 is 34.8 Å². The Morgan fingerprint density at radius 2 is 1.45 bits per heavy atom. The van der Waals surface area contributed by atoms with Gasteiger partial charge in [0.2, 0.25) is 0 Å². The Bertz CT molecular complexity index is 647. The van der Waals surface area contributed by atoms with Crippen molar-refractivity contribution in [3.63, 3.8) is 0 Å². The van der Waals surface area contributed by atoms with Crippen molar-refractivity contribution in [2.24, 2.45) is 0 Å². The molecule has 0 aromatic heterocycles. The van der Waals surface area contributed by atoms with Gasteiger partial charge in [0.05, 0.1) is 0 Å². The number of halogens is 2. The quantitative estimate of drug-likeness (QED) is 0.829. The second kappa shape index (κ2) is 6.59. The van der Waals surface area contributed by atoms with Crippen molar-refractivity contribution < 1.29 is 4.79 Å². The van der Waals surface area contributed by atoms with E-state index in [1.54, 1.807) is 18.2 Å². The van der Waals surface area contributed by atoms with E-state index >= 15 is 0 Å². The first kappa shape index (κ1) is 15.2. The van der Waals surface area contributed by atoms with Gasteiger partial charge in [-0.15, -0.1) is 0 Å². The van der Waals surface area contributed by atoms with Crippen LogP contribution >= 0.6 is 23.2 Å². The van der Waals surface area contributed by atoms with Gasteiger partial charge in [-0.05, 0) is 30.3 Å². The van der Waals surface area contributed by atoms with Gasteiger partial charge < -0.3 is 9.80 Å². The van der Waals surface area contributed by atoms with Crippen LogP contribution in [0.25, 0.3) is 0 Å². The summed E-state index contributed by atoms with van der Waals surface area (Å²) >= 11 is 11.9. The van der Waals surface area contributed by atoms with Crippen LogP contribution in [0.5, 0.6) is 0 Å². The Hall–Kier alpha value is -1.71. The van der Waals surface area contributed by atoms with E-state index in [2.05, 4.69) is 17.0 Å². The molecule has 0 radical (unpaired) electrons. The standard InChI is InChI=1S/C17H16Cl2N2O/c18-14-10-13(11-15(19)12-14)17(22)21-8-6-20(7-9-21)16-4-2-1-3-5-16/h1-5,10-12H,6-9H2. The molecule has 1 aliphatic rings. The average molecular weight is 335 g/mol. The van der Waals surface area contributed by atoms with Crippen LogP contribution in [0.3, 0.4) is 0 Å². The molecule has 0 spiro atoms. The third kappa shape index (κ3) is 3.37. The number of hydrogen-bond acceptors (Lipinski definition) is 2. The zero-order valence-corrected chi connectivity index (χ0v) is 13.5. The minimum atomic E-state index is -0.0166. The summed E-state index contributed by atoms with van der Waals surface area (Å²) in [4.78, 5) is 16.7. The molecular weight excluding hydrogens is 319 g/mol. The van der Waals surface area contributed by atoms with Crippen molar-refractivity contribution in [3.05, 3.63) is 64.1 Å². The molecular formula is C17H16Cl2N2O. The number of hydrogen-bond donors (Lipinski definition) is 0. The van der Waals surface area contributed by atoms with E-state index < -0.39 is 0 Å². The van der Waals surface area contributed by atoms with E-state index in [0.717, 1.165) is 13.1 Å². The van der Waals surface area contributed by atoms with Crippen LogP contribution in [0.15, 0.2) is 48.5 Å². The van der Waals surface area contributed by atoms with Crippen molar-refractivity contribution in [3.8, 4) is 0 Å². The first-order valence-corrected chi connectivity index (χ1v) is 7.94. The zero-order chi connectivity index (χ0) is 15.5. The Balaban J connectivity index is 1.67. The molecule has 1 aliphatic heterocycles. The van der Waals surface area contributed by atoms with Crippen LogP contribution in [-0.2, 0) is 0 Å². The van der Waals surface area contributed by atoms with Crippen LogP contribution in [0.1, 0.15) is 10.4 Å². The van der Waals surface area contributed by atoms with E-state index in [4.69, 9.17) is 23.2 Å². The molecule has 2 aromatic carbocycles. The van der Waals surface area contributed by atoms with E-state index in [-0.39, 0.29) is 5.91 Å². The molecule has 0 bridgehead atoms. The molecule has 1 fully saturated rings. The van der Waals surface area contributed by atoms with Crippen molar-refractivity contribution in [2.45, 2.75) is 0 Å². The molecule has 1 saturated heterocycles. The number of anilines is 1. The van der Waals surface area contributed by atoms with Gasteiger partial charge in [-0.25, -0.2) is 0 Å². The molecule has 0 aliphatic carbocycles. The molecule has 1 heterocycles. The number of carbonyl (C=O) groups is 1. The SMILES string of the molecule is O=C(c1cc(Cl)cc(Cl)c1)N1CCN(c2ccccc2)CC1. The van der Waals surface area contributed by atoms with Gasteiger partial charge in [0.1, 0.15) is 0 Å². The normalized spacial score (nSPS) is 15.0. The zero-order valence-electron chi connectivity index (χ0n) is 12.0. The smallest absolute Gasteiger partial charge is 0.254 e. The highest BCUT2D eigenvalue weighted by atomic mass is 35.5. The van der Waals surface area contributed by atoms with Crippen molar-refractivity contribution in [1.82, 2.24) is 4.90 Å². The summed E-state index contributed by atoms with van der Waals surface area (Å²) in [5.41, 5.74) is 1.74. The Labute approximate surface area is 140 Å². The first-order valence-electron chi connectivity index (χ1n) is 7.19. The van der Waals surface area contributed by atoms with E-state index in [0.29, 0.717) is 28.7 Å². The number of carbonyl (C=O) groups excluding carboxylic acids is 1. The van der Waals surface area contributed by atoms with E-state index in [1.807, 2.05) is 23.1 Å². The fourth-order valence-electron chi connectivity index (χ4n) is 2.67. The summed E-state index contributed by atoms with van der Waals surface area (Å²) in [5, 5.41) is 0.970. The Kier molecular flexibility index (Phi) is 4.55. The molecule has 5 heteroatoms. The number of para-hydroxylation sites is 1. The maximum atomic E-state index is 12.5. The predicted octanol–water partition coefficient (Wildman–Crippen LogP) is 3.96. The van der Waals surface area contributed by atoms with Crippen molar-refractivity contribution in [2.75, 3.05) is 31.1 Å². The van der Waals surface area contributed by atoms with Crippen LogP contribution < -0.4 is 4.90 Å².